The van der Waals surface area contributed by atoms with Gasteiger partial charge in [-0.25, -0.2) is 4.39 Å². The molecule has 0 aliphatic heterocycles. The molecule has 0 amide bonds. The van der Waals surface area contributed by atoms with E-state index in [4.69, 9.17) is 5.11 Å². The number of aliphatic hydroxyl groups is 2. The van der Waals surface area contributed by atoms with Gasteiger partial charge in [0.1, 0.15) is 5.82 Å². The van der Waals surface area contributed by atoms with Gasteiger partial charge in [0, 0.05) is 6.42 Å². The van der Waals surface area contributed by atoms with Crippen molar-refractivity contribution in [2.45, 2.75) is 58.2 Å². The fourth-order valence-electron chi connectivity index (χ4n) is 3.61. The van der Waals surface area contributed by atoms with Crippen LogP contribution in [0.3, 0.4) is 0 Å². The molecule has 0 radical (unpaired) electrons. The molecular formula is C22H30FNaO4. The van der Waals surface area contributed by atoms with Crippen molar-refractivity contribution in [2.75, 3.05) is 0 Å². The first-order valence-electron chi connectivity index (χ1n) is 9.51. The Hall–Kier alpha value is -0.980. The molecule has 2 rings (SSSR count). The zero-order chi connectivity index (χ0) is 20.0. The molecular weight excluding hydrogens is 370 g/mol. The fourth-order valence-corrected chi connectivity index (χ4v) is 3.61. The quantitative estimate of drug-likeness (QED) is 0.612. The Balaban J connectivity index is 0.00000392. The van der Waals surface area contributed by atoms with Gasteiger partial charge in [0.25, 0.3) is 0 Å². The van der Waals surface area contributed by atoms with Gasteiger partial charge >= 0.3 is 35.5 Å². The van der Waals surface area contributed by atoms with Crippen molar-refractivity contribution < 1.29 is 24.5 Å². The second-order valence-corrected chi connectivity index (χ2v) is 7.64. The first kappa shape index (κ1) is 25.1. The van der Waals surface area contributed by atoms with Gasteiger partial charge in [0.05, 0.1) is 18.6 Å². The summed E-state index contributed by atoms with van der Waals surface area (Å²) in [6.07, 6.45) is 4.11. The third-order valence-corrected chi connectivity index (χ3v) is 5.14. The molecule has 1 aliphatic carbocycles. The molecule has 1 aromatic carbocycles. The average Bonchev–Trinajstić information content (AvgIpc) is 2.72. The van der Waals surface area contributed by atoms with Crippen molar-refractivity contribution >= 4 is 41.1 Å². The van der Waals surface area contributed by atoms with Crippen LogP contribution in [0.2, 0.25) is 0 Å². The first-order valence-corrected chi connectivity index (χ1v) is 9.51. The van der Waals surface area contributed by atoms with Gasteiger partial charge in [-0.2, -0.15) is 0 Å². The van der Waals surface area contributed by atoms with Crippen LogP contribution in [0.15, 0.2) is 42.0 Å². The zero-order valence-corrected chi connectivity index (χ0v) is 15.9. The molecule has 0 saturated heterocycles. The van der Waals surface area contributed by atoms with Gasteiger partial charge in [-0.05, 0) is 59.9 Å². The topological polar surface area (TPSA) is 77.8 Å². The number of aliphatic carboxylic acids is 1. The number of aliphatic hydroxyl groups excluding tert-OH is 2. The Bertz CT molecular complexity index is 699. The monoisotopic (exact) mass is 400 g/mol. The standard InChI is InChI=1S/C22H29FO4.Na.H/c1-14-3-4-15(2)20(10-9-18(24)12-19(25)13-22(26)27)21(11-14)16-5-7-17(23)8-6-16;;/h5-10,14-15,18-19,24-25H,3-4,11-13H2,1-2H3,(H,26,27);;/b10-9+;;. The molecule has 0 aromatic heterocycles. The molecule has 4 unspecified atom stereocenters. The second-order valence-electron chi connectivity index (χ2n) is 7.64. The Kier molecular flexibility index (Phi) is 10.6. The molecule has 0 heterocycles. The number of halogens is 1. The maximum atomic E-state index is 13.3. The number of rotatable bonds is 7. The van der Waals surface area contributed by atoms with E-state index in [-0.39, 0.29) is 48.2 Å². The molecule has 3 N–H and O–H groups in total. The normalized spacial score (nSPS) is 22.5. The summed E-state index contributed by atoms with van der Waals surface area (Å²) in [6, 6.07) is 6.49. The molecule has 28 heavy (non-hydrogen) atoms. The molecule has 0 bridgehead atoms. The van der Waals surface area contributed by atoms with E-state index in [0.717, 1.165) is 36.0 Å². The number of benzene rings is 1. The summed E-state index contributed by atoms with van der Waals surface area (Å²) < 4.78 is 13.3. The molecule has 1 aromatic rings. The number of allylic oxidation sites excluding steroid dienone is 3. The van der Waals surface area contributed by atoms with Gasteiger partial charge in [-0.3, -0.25) is 4.79 Å². The van der Waals surface area contributed by atoms with Gasteiger partial charge in [0.15, 0.2) is 0 Å². The van der Waals surface area contributed by atoms with E-state index in [1.807, 2.05) is 6.08 Å². The van der Waals surface area contributed by atoms with Gasteiger partial charge in [-0.1, -0.05) is 38.1 Å². The number of carbonyl (C=O) groups is 1. The second kappa shape index (κ2) is 11.9. The van der Waals surface area contributed by atoms with Crippen molar-refractivity contribution in [1.82, 2.24) is 0 Å². The molecule has 4 nitrogen and oxygen atoms in total. The minimum absolute atomic E-state index is 0. The molecule has 0 saturated carbocycles. The van der Waals surface area contributed by atoms with Crippen molar-refractivity contribution in [3.05, 3.63) is 53.4 Å². The summed E-state index contributed by atoms with van der Waals surface area (Å²) in [5, 5.41) is 28.6. The Morgan fingerprint density at radius 1 is 1.21 bits per heavy atom. The maximum absolute atomic E-state index is 13.3. The van der Waals surface area contributed by atoms with Crippen molar-refractivity contribution in [3.63, 3.8) is 0 Å². The zero-order valence-electron chi connectivity index (χ0n) is 15.9. The molecule has 4 atom stereocenters. The van der Waals surface area contributed by atoms with Crippen LogP contribution in [0.1, 0.15) is 51.5 Å². The summed E-state index contributed by atoms with van der Waals surface area (Å²) >= 11 is 0. The van der Waals surface area contributed by atoms with Crippen LogP contribution in [0.25, 0.3) is 5.57 Å². The van der Waals surface area contributed by atoms with Gasteiger partial charge < -0.3 is 15.3 Å². The van der Waals surface area contributed by atoms with E-state index in [1.54, 1.807) is 18.2 Å². The predicted molar refractivity (Wildman–Crippen MR) is 111 cm³/mol. The Labute approximate surface area is 188 Å². The summed E-state index contributed by atoms with van der Waals surface area (Å²) in [7, 11) is 0. The average molecular weight is 400 g/mol. The predicted octanol–water partition coefficient (Wildman–Crippen LogP) is 3.53. The van der Waals surface area contributed by atoms with E-state index in [9.17, 15) is 19.4 Å². The van der Waals surface area contributed by atoms with E-state index >= 15 is 0 Å². The number of carboxylic acid groups (broad SMARTS) is 1. The van der Waals surface area contributed by atoms with Crippen molar-refractivity contribution in [2.24, 2.45) is 11.8 Å². The Morgan fingerprint density at radius 3 is 2.46 bits per heavy atom. The first-order chi connectivity index (χ1) is 12.8. The number of hydrogen-bond donors (Lipinski definition) is 3. The summed E-state index contributed by atoms with van der Waals surface area (Å²) in [4.78, 5) is 10.6. The molecule has 150 valence electrons. The molecule has 0 fully saturated rings. The summed E-state index contributed by atoms with van der Waals surface area (Å²) in [6.45, 7) is 4.35. The van der Waals surface area contributed by atoms with E-state index < -0.39 is 18.2 Å². The third kappa shape index (κ3) is 7.80. The van der Waals surface area contributed by atoms with Crippen LogP contribution in [-0.2, 0) is 4.79 Å². The van der Waals surface area contributed by atoms with Crippen LogP contribution in [0.5, 0.6) is 0 Å². The van der Waals surface area contributed by atoms with Gasteiger partial charge in [0.2, 0.25) is 0 Å². The van der Waals surface area contributed by atoms with Crippen molar-refractivity contribution in [3.8, 4) is 0 Å². The third-order valence-electron chi connectivity index (χ3n) is 5.14. The fraction of sp³-hybridized carbons (Fsp3) is 0.500. The van der Waals surface area contributed by atoms with E-state index in [2.05, 4.69) is 13.8 Å². The SMILES string of the molecule is CC1CCC(C)C(/C=C/C(O)CC(O)CC(=O)O)=C(c2ccc(F)cc2)C1.[NaH]. The van der Waals surface area contributed by atoms with Crippen molar-refractivity contribution in [1.29, 1.82) is 0 Å². The van der Waals surface area contributed by atoms with Gasteiger partial charge in [-0.15, -0.1) is 0 Å². The summed E-state index contributed by atoms with van der Waals surface area (Å²) in [5.41, 5.74) is 3.25. The Morgan fingerprint density at radius 2 is 1.86 bits per heavy atom. The van der Waals surface area contributed by atoms with Crippen LogP contribution in [0.4, 0.5) is 4.39 Å². The van der Waals surface area contributed by atoms with E-state index in [1.165, 1.54) is 12.1 Å². The van der Waals surface area contributed by atoms with Crippen LogP contribution in [-0.4, -0.2) is 63.1 Å². The van der Waals surface area contributed by atoms with E-state index in [0.29, 0.717) is 11.8 Å². The molecule has 6 heteroatoms. The molecule has 1 aliphatic rings. The van der Waals surface area contributed by atoms with Crippen LogP contribution >= 0.6 is 0 Å². The minimum atomic E-state index is -1.09. The van der Waals surface area contributed by atoms with Crippen LogP contribution < -0.4 is 0 Å². The molecule has 0 spiro atoms. The van der Waals surface area contributed by atoms with Crippen LogP contribution in [0, 0.1) is 17.7 Å². The summed E-state index contributed by atoms with van der Waals surface area (Å²) in [5.74, 6) is -0.552. The number of carboxylic acids is 1. The number of hydrogen-bond acceptors (Lipinski definition) is 3.